The fourth-order valence-electron chi connectivity index (χ4n) is 3.25. The van der Waals surface area contributed by atoms with Crippen LogP contribution in [0.3, 0.4) is 0 Å². The van der Waals surface area contributed by atoms with Crippen molar-refractivity contribution in [2.45, 2.75) is 25.5 Å². The van der Waals surface area contributed by atoms with Gasteiger partial charge in [0.2, 0.25) is 0 Å². The smallest absolute Gasteiger partial charge is 0.190 e. The Hall–Kier alpha value is -1.97. The van der Waals surface area contributed by atoms with Crippen molar-refractivity contribution < 1.29 is 9.53 Å². The van der Waals surface area contributed by atoms with Crippen LogP contribution in [0.2, 0.25) is 0 Å². The van der Waals surface area contributed by atoms with Crippen LogP contribution in [0.4, 0.5) is 0 Å². The lowest BCUT2D eigenvalue weighted by Gasteiger charge is -2.43. The number of Topliss-reactive ketones (excluding diaryl/α,β-unsaturated/α-hetero) is 1. The van der Waals surface area contributed by atoms with Gasteiger partial charge in [0.15, 0.2) is 5.78 Å². The second-order valence-electron chi connectivity index (χ2n) is 5.82. The van der Waals surface area contributed by atoms with Gasteiger partial charge in [-0.05, 0) is 33.5 Å². The average Bonchev–Trinajstić information content (AvgIpc) is 2.57. The number of carbonyl (C=O) groups excluding carboxylic acids is 1. The minimum atomic E-state index is -0.862. The molecule has 2 aromatic rings. The minimum absolute atomic E-state index is 0.0512. The molecule has 2 atom stereocenters. The van der Waals surface area contributed by atoms with E-state index in [-0.39, 0.29) is 11.9 Å². The van der Waals surface area contributed by atoms with Crippen LogP contribution in [-0.2, 0) is 10.3 Å². The minimum Gasteiger partial charge on any atom is -0.376 e. The fourth-order valence-corrected chi connectivity index (χ4v) is 3.25. The number of hydrogen-bond donors (Lipinski definition) is 0. The summed E-state index contributed by atoms with van der Waals surface area (Å²) in [6.45, 7) is 4.48. The zero-order chi connectivity index (χ0) is 16.9. The lowest BCUT2D eigenvalue weighted by molar-refractivity contribution is -0.0322. The van der Waals surface area contributed by atoms with E-state index in [4.69, 9.17) is 4.74 Å². The third kappa shape index (κ3) is 3.21. The van der Waals surface area contributed by atoms with Crippen LogP contribution in [0.5, 0.6) is 0 Å². The molecule has 2 unspecified atom stereocenters. The van der Waals surface area contributed by atoms with Crippen LogP contribution in [0.15, 0.2) is 60.7 Å². The number of ether oxygens (including phenoxy) is 1. The zero-order valence-electron chi connectivity index (χ0n) is 14.3. The predicted octanol–water partition coefficient (Wildman–Crippen LogP) is 3.75. The summed E-state index contributed by atoms with van der Waals surface area (Å²) in [7, 11) is 3.87. The Labute approximate surface area is 138 Å². The number of ketones is 1. The molecule has 0 aliphatic rings. The summed E-state index contributed by atoms with van der Waals surface area (Å²) in [5.41, 5.74) is 0.773. The van der Waals surface area contributed by atoms with Gasteiger partial charge in [-0.15, -0.1) is 0 Å². The summed E-state index contributed by atoms with van der Waals surface area (Å²) in [4.78, 5) is 15.5. The Morgan fingerprint density at radius 2 is 1.57 bits per heavy atom. The van der Waals surface area contributed by atoms with Crippen LogP contribution in [0, 0.1) is 0 Å². The molecule has 0 amide bonds. The molecule has 0 aliphatic heterocycles. The summed E-state index contributed by atoms with van der Waals surface area (Å²) >= 11 is 0. The molecule has 0 radical (unpaired) electrons. The van der Waals surface area contributed by atoms with Gasteiger partial charge in [0.1, 0.15) is 5.54 Å². The topological polar surface area (TPSA) is 29.5 Å². The average molecular weight is 311 g/mol. The molecule has 0 aliphatic carbocycles. The van der Waals surface area contributed by atoms with Crippen LogP contribution in [0.1, 0.15) is 29.8 Å². The largest absolute Gasteiger partial charge is 0.376 e. The van der Waals surface area contributed by atoms with Gasteiger partial charge < -0.3 is 4.74 Å². The third-order valence-electron chi connectivity index (χ3n) is 4.31. The number of hydrogen-bond acceptors (Lipinski definition) is 3. The first-order chi connectivity index (χ1) is 11.0. The van der Waals surface area contributed by atoms with Crippen LogP contribution >= 0.6 is 0 Å². The first kappa shape index (κ1) is 17.4. The number of nitrogens with zero attached hydrogens (tertiary/aromatic N) is 1. The molecule has 2 rings (SSSR count). The fraction of sp³-hybridized carbons (Fsp3) is 0.350. The Balaban J connectivity index is 2.64. The van der Waals surface area contributed by atoms with Crippen LogP contribution < -0.4 is 0 Å². The van der Waals surface area contributed by atoms with E-state index in [0.29, 0.717) is 12.2 Å². The Kier molecular flexibility index (Phi) is 5.69. The summed E-state index contributed by atoms with van der Waals surface area (Å²) in [5.74, 6) is 0.0512. The zero-order valence-corrected chi connectivity index (χ0v) is 14.3. The molecule has 0 heterocycles. The van der Waals surface area contributed by atoms with Gasteiger partial charge in [0.25, 0.3) is 0 Å². The summed E-state index contributed by atoms with van der Waals surface area (Å²) in [6, 6.07) is 19.3. The van der Waals surface area contributed by atoms with E-state index in [2.05, 4.69) is 0 Å². The van der Waals surface area contributed by atoms with E-state index in [1.807, 2.05) is 93.5 Å². The van der Waals surface area contributed by atoms with Crippen molar-refractivity contribution in [3.05, 3.63) is 71.8 Å². The highest BCUT2D eigenvalue weighted by Gasteiger charge is 2.48. The maximum absolute atomic E-state index is 13.5. The molecule has 3 heteroatoms. The van der Waals surface area contributed by atoms with Gasteiger partial charge >= 0.3 is 0 Å². The molecule has 0 saturated heterocycles. The number of carbonyl (C=O) groups is 1. The molecule has 0 N–H and O–H groups in total. The first-order valence-corrected chi connectivity index (χ1v) is 7.99. The van der Waals surface area contributed by atoms with Gasteiger partial charge in [0.05, 0.1) is 6.10 Å². The standard InChI is InChI=1S/C20H25NO2/c1-5-23-16(2)20(21(3)4,18-14-10-7-11-15-18)19(22)17-12-8-6-9-13-17/h6-16H,5H2,1-4H3. The number of likely N-dealkylation sites (N-methyl/N-ethyl adjacent to an activating group) is 1. The molecule has 122 valence electrons. The van der Waals surface area contributed by atoms with E-state index in [1.54, 1.807) is 0 Å². The molecule has 0 aromatic heterocycles. The van der Waals surface area contributed by atoms with Crippen molar-refractivity contribution in [3.63, 3.8) is 0 Å². The first-order valence-electron chi connectivity index (χ1n) is 7.99. The van der Waals surface area contributed by atoms with Gasteiger partial charge in [-0.1, -0.05) is 60.7 Å². The van der Waals surface area contributed by atoms with Gasteiger partial charge in [-0.25, -0.2) is 0 Å². The van der Waals surface area contributed by atoms with Gasteiger partial charge in [-0.2, -0.15) is 0 Å². The van der Waals surface area contributed by atoms with E-state index < -0.39 is 5.54 Å². The van der Waals surface area contributed by atoms with E-state index >= 15 is 0 Å². The highest BCUT2D eigenvalue weighted by molar-refractivity contribution is 6.04. The number of rotatable bonds is 7. The van der Waals surface area contributed by atoms with Gasteiger partial charge in [0, 0.05) is 12.2 Å². The SMILES string of the molecule is CCOC(C)C(C(=O)c1ccccc1)(c1ccccc1)N(C)C. The van der Waals surface area contributed by atoms with Crippen molar-refractivity contribution >= 4 is 5.78 Å². The number of benzene rings is 2. The van der Waals surface area contributed by atoms with E-state index in [1.165, 1.54) is 0 Å². The van der Waals surface area contributed by atoms with Crippen molar-refractivity contribution in [1.82, 2.24) is 4.90 Å². The lowest BCUT2D eigenvalue weighted by Crippen LogP contribution is -2.56. The second kappa shape index (κ2) is 7.53. The van der Waals surface area contributed by atoms with Crippen molar-refractivity contribution in [3.8, 4) is 0 Å². The van der Waals surface area contributed by atoms with E-state index in [9.17, 15) is 4.79 Å². The Morgan fingerprint density at radius 1 is 1.04 bits per heavy atom. The molecule has 0 bridgehead atoms. The highest BCUT2D eigenvalue weighted by atomic mass is 16.5. The summed E-state index contributed by atoms with van der Waals surface area (Å²) < 4.78 is 5.90. The monoisotopic (exact) mass is 311 g/mol. The van der Waals surface area contributed by atoms with Gasteiger partial charge in [-0.3, -0.25) is 9.69 Å². The predicted molar refractivity (Wildman–Crippen MR) is 93.7 cm³/mol. The Bertz CT molecular complexity index is 625. The van der Waals surface area contributed by atoms with Crippen molar-refractivity contribution in [1.29, 1.82) is 0 Å². The normalized spacial score (nSPS) is 15.2. The summed E-state index contributed by atoms with van der Waals surface area (Å²) in [5, 5.41) is 0. The van der Waals surface area contributed by atoms with E-state index in [0.717, 1.165) is 5.56 Å². The molecule has 0 fully saturated rings. The maximum Gasteiger partial charge on any atom is 0.190 e. The van der Waals surface area contributed by atoms with Crippen molar-refractivity contribution in [2.75, 3.05) is 20.7 Å². The lowest BCUT2D eigenvalue weighted by atomic mass is 9.77. The molecule has 2 aromatic carbocycles. The summed E-state index contributed by atoms with van der Waals surface area (Å²) in [6.07, 6.45) is -0.280. The van der Waals surface area contributed by atoms with Crippen LogP contribution in [-0.4, -0.2) is 37.5 Å². The van der Waals surface area contributed by atoms with Crippen LogP contribution in [0.25, 0.3) is 0 Å². The molecular weight excluding hydrogens is 286 g/mol. The quantitative estimate of drug-likeness (QED) is 0.729. The molecule has 0 spiro atoms. The second-order valence-corrected chi connectivity index (χ2v) is 5.82. The molecule has 3 nitrogen and oxygen atoms in total. The van der Waals surface area contributed by atoms with Crippen molar-refractivity contribution in [2.24, 2.45) is 0 Å². The molecular formula is C20H25NO2. The maximum atomic E-state index is 13.5. The molecule has 23 heavy (non-hydrogen) atoms. The third-order valence-corrected chi connectivity index (χ3v) is 4.31. The Morgan fingerprint density at radius 3 is 2.04 bits per heavy atom. The molecule has 0 saturated carbocycles. The highest BCUT2D eigenvalue weighted by Crippen LogP contribution is 2.36.